The van der Waals surface area contributed by atoms with E-state index in [9.17, 15) is 8.42 Å². The van der Waals surface area contributed by atoms with Crippen LogP contribution in [0.3, 0.4) is 0 Å². The maximum Gasteiger partial charge on any atom is 0.316 e. The third kappa shape index (κ3) is 2.62. The average Bonchev–Trinajstić information content (AvgIpc) is 2.72. The van der Waals surface area contributed by atoms with E-state index in [1.165, 1.54) is 7.11 Å². The number of methoxy groups -OCH3 is 1. The van der Waals surface area contributed by atoms with Crippen LogP contribution < -0.4 is 5.73 Å². The van der Waals surface area contributed by atoms with Crippen molar-refractivity contribution in [2.24, 2.45) is 0 Å². The van der Waals surface area contributed by atoms with Crippen LogP contribution in [-0.2, 0) is 14.6 Å². The second kappa shape index (κ2) is 4.95. The number of nitrogen functional groups attached to an aromatic ring is 1. The molecule has 0 aliphatic rings. The molecule has 7 heteroatoms. The molecular weight excluding hydrogens is 256 g/mol. The first-order valence-electron chi connectivity index (χ1n) is 5.41. The number of benzene rings is 1. The highest BCUT2D eigenvalue weighted by Crippen LogP contribution is 2.21. The minimum Gasteiger partial charge on any atom is -0.428 e. The standard InChI is InChI=1S/C11H14N2O4S/c1-16-5-2-6-18(14,15)11-13-9-4-3-8(12)7-10(9)17-11/h3-4,7H,2,5-6,12H2,1H3. The minimum atomic E-state index is -3.51. The molecule has 18 heavy (non-hydrogen) atoms. The van der Waals surface area contributed by atoms with Crippen molar-refractivity contribution in [1.29, 1.82) is 0 Å². The van der Waals surface area contributed by atoms with Gasteiger partial charge in [-0.25, -0.2) is 8.42 Å². The molecule has 2 rings (SSSR count). The molecule has 0 radical (unpaired) electrons. The summed E-state index contributed by atoms with van der Waals surface area (Å²) in [4.78, 5) is 3.95. The molecule has 6 nitrogen and oxygen atoms in total. The molecule has 0 amide bonds. The van der Waals surface area contributed by atoms with Gasteiger partial charge in [0, 0.05) is 25.5 Å². The maximum atomic E-state index is 11.9. The summed E-state index contributed by atoms with van der Waals surface area (Å²) in [5, 5.41) is -0.265. The number of aromatic nitrogens is 1. The number of nitrogens with two attached hydrogens (primary N) is 1. The van der Waals surface area contributed by atoms with Crippen molar-refractivity contribution >= 4 is 26.6 Å². The predicted molar refractivity (Wildman–Crippen MR) is 67.0 cm³/mol. The predicted octanol–water partition coefficient (Wildman–Crippen LogP) is 1.22. The van der Waals surface area contributed by atoms with E-state index in [1.54, 1.807) is 18.2 Å². The van der Waals surface area contributed by atoms with Gasteiger partial charge in [-0.3, -0.25) is 0 Å². The molecule has 0 saturated heterocycles. The van der Waals surface area contributed by atoms with Crippen LogP contribution in [0.25, 0.3) is 11.1 Å². The van der Waals surface area contributed by atoms with Gasteiger partial charge < -0.3 is 14.9 Å². The second-order valence-electron chi connectivity index (χ2n) is 3.87. The third-order valence-corrected chi connectivity index (χ3v) is 3.95. The van der Waals surface area contributed by atoms with E-state index in [1.807, 2.05) is 0 Å². The first-order chi connectivity index (χ1) is 8.53. The largest absolute Gasteiger partial charge is 0.428 e. The highest BCUT2D eigenvalue weighted by Gasteiger charge is 2.21. The normalized spacial score (nSPS) is 12.1. The SMILES string of the molecule is COCCCS(=O)(=O)c1nc2ccc(N)cc2o1. The van der Waals surface area contributed by atoms with Crippen LogP contribution in [0.15, 0.2) is 27.8 Å². The Labute approximate surface area is 105 Å². The number of rotatable bonds is 5. The number of hydrogen-bond donors (Lipinski definition) is 1. The van der Waals surface area contributed by atoms with Crippen LogP contribution in [0.1, 0.15) is 6.42 Å². The lowest BCUT2D eigenvalue weighted by Gasteiger charge is -1.98. The van der Waals surface area contributed by atoms with Crippen LogP contribution in [0.4, 0.5) is 5.69 Å². The van der Waals surface area contributed by atoms with E-state index >= 15 is 0 Å². The molecule has 1 aromatic carbocycles. The van der Waals surface area contributed by atoms with Gasteiger partial charge >= 0.3 is 5.22 Å². The number of anilines is 1. The molecular formula is C11H14N2O4S. The fourth-order valence-electron chi connectivity index (χ4n) is 1.53. The Balaban J connectivity index is 2.30. The lowest BCUT2D eigenvalue weighted by atomic mass is 10.3. The van der Waals surface area contributed by atoms with E-state index < -0.39 is 9.84 Å². The van der Waals surface area contributed by atoms with Crippen molar-refractivity contribution in [2.45, 2.75) is 11.6 Å². The van der Waals surface area contributed by atoms with E-state index in [2.05, 4.69) is 4.98 Å². The van der Waals surface area contributed by atoms with Gasteiger partial charge in [-0.2, -0.15) is 4.98 Å². The molecule has 0 aliphatic heterocycles. The quantitative estimate of drug-likeness (QED) is 0.648. The fourth-order valence-corrected chi connectivity index (χ4v) is 2.66. The van der Waals surface area contributed by atoms with Crippen molar-refractivity contribution in [3.8, 4) is 0 Å². The monoisotopic (exact) mass is 270 g/mol. The van der Waals surface area contributed by atoms with E-state index in [4.69, 9.17) is 14.9 Å². The lowest BCUT2D eigenvalue weighted by molar-refractivity contribution is 0.199. The Morgan fingerprint density at radius 3 is 2.94 bits per heavy atom. The summed E-state index contributed by atoms with van der Waals surface area (Å²) in [6.07, 6.45) is 0.402. The van der Waals surface area contributed by atoms with Gasteiger partial charge in [0.25, 0.3) is 0 Å². The molecule has 2 aromatic rings. The molecule has 1 aromatic heterocycles. The Kier molecular flexibility index (Phi) is 3.53. The summed E-state index contributed by atoms with van der Waals surface area (Å²) in [7, 11) is -1.98. The van der Waals surface area contributed by atoms with Crippen LogP contribution >= 0.6 is 0 Å². The molecule has 0 atom stereocenters. The highest BCUT2D eigenvalue weighted by atomic mass is 32.2. The highest BCUT2D eigenvalue weighted by molar-refractivity contribution is 7.91. The van der Waals surface area contributed by atoms with Crippen molar-refractivity contribution in [3.63, 3.8) is 0 Å². The van der Waals surface area contributed by atoms with Crippen molar-refractivity contribution in [1.82, 2.24) is 4.98 Å². The topological polar surface area (TPSA) is 95.4 Å². The van der Waals surface area contributed by atoms with Crippen molar-refractivity contribution in [3.05, 3.63) is 18.2 Å². The lowest BCUT2D eigenvalue weighted by Crippen LogP contribution is -2.09. The Hall–Kier alpha value is -1.60. The minimum absolute atomic E-state index is 0.0524. The molecule has 0 bridgehead atoms. The zero-order chi connectivity index (χ0) is 13.2. The van der Waals surface area contributed by atoms with Gasteiger partial charge in [0.15, 0.2) is 5.58 Å². The smallest absolute Gasteiger partial charge is 0.316 e. The van der Waals surface area contributed by atoms with Crippen molar-refractivity contribution < 1.29 is 17.6 Å². The summed E-state index contributed by atoms with van der Waals surface area (Å²) in [5.41, 5.74) is 6.94. The molecule has 2 N–H and O–H groups in total. The second-order valence-corrected chi connectivity index (χ2v) is 5.86. The fraction of sp³-hybridized carbons (Fsp3) is 0.364. The maximum absolute atomic E-state index is 11.9. The number of fused-ring (bicyclic) bond motifs is 1. The average molecular weight is 270 g/mol. The molecule has 1 heterocycles. The summed E-state index contributed by atoms with van der Waals surface area (Å²) < 4.78 is 33.9. The molecule has 0 fully saturated rings. The van der Waals surface area contributed by atoms with E-state index in [0.717, 1.165) is 0 Å². The van der Waals surface area contributed by atoms with Gasteiger partial charge in [-0.05, 0) is 18.6 Å². The Morgan fingerprint density at radius 2 is 2.22 bits per heavy atom. The van der Waals surface area contributed by atoms with Crippen LogP contribution in [0.2, 0.25) is 0 Å². The number of nitrogens with zero attached hydrogens (tertiary/aromatic N) is 1. The van der Waals surface area contributed by atoms with Gasteiger partial charge in [0.05, 0.1) is 5.75 Å². The third-order valence-electron chi connectivity index (χ3n) is 2.42. The summed E-state index contributed by atoms with van der Waals surface area (Å²) >= 11 is 0. The Bertz CT molecular complexity index is 648. The van der Waals surface area contributed by atoms with Gasteiger partial charge in [0.2, 0.25) is 9.84 Å². The first kappa shape index (κ1) is 12.8. The summed E-state index contributed by atoms with van der Waals surface area (Å²) in [6.45, 7) is 0.381. The van der Waals surface area contributed by atoms with E-state index in [-0.39, 0.29) is 11.0 Å². The molecule has 0 aliphatic carbocycles. The number of sulfone groups is 1. The summed E-state index contributed by atoms with van der Waals surface area (Å²) in [5.74, 6) is -0.0524. The van der Waals surface area contributed by atoms with E-state index in [0.29, 0.717) is 29.8 Å². The molecule has 0 saturated carbocycles. The van der Waals surface area contributed by atoms with Crippen molar-refractivity contribution in [2.75, 3.05) is 25.2 Å². The van der Waals surface area contributed by atoms with Crippen LogP contribution in [0.5, 0.6) is 0 Å². The molecule has 0 unspecified atom stereocenters. The zero-order valence-electron chi connectivity index (χ0n) is 9.92. The number of ether oxygens (including phenoxy) is 1. The molecule has 98 valence electrons. The van der Waals surface area contributed by atoms with Crippen LogP contribution in [-0.4, -0.2) is 32.9 Å². The number of hydrogen-bond acceptors (Lipinski definition) is 6. The van der Waals surface area contributed by atoms with Gasteiger partial charge in [0.1, 0.15) is 5.52 Å². The first-order valence-corrected chi connectivity index (χ1v) is 7.06. The van der Waals surface area contributed by atoms with Gasteiger partial charge in [-0.15, -0.1) is 0 Å². The zero-order valence-corrected chi connectivity index (χ0v) is 10.7. The van der Waals surface area contributed by atoms with Crippen LogP contribution in [0, 0.1) is 0 Å². The Morgan fingerprint density at radius 1 is 1.44 bits per heavy atom. The number of oxazole rings is 1. The summed E-state index contributed by atoms with van der Waals surface area (Å²) in [6, 6.07) is 4.82. The van der Waals surface area contributed by atoms with Gasteiger partial charge in [-0.1, -0.05) is 0 Å². The molecule has 0 spiro atoms.